The van der Waals surface area contributed by atoms with Crippen LogP contribution in [0, 0.1) is 11.8 Å². The number of anilines is 1. The smallest absolute Gasteiger partial charge is 0.340 e. The Morgan fingerprint density at radius 2 is 1.50 bits per heavy atom. The molecule has 0 bridgehead atoms. The van der Waals surface area contributed by atoms with Gasteiger partial charge in [0.15, 0.2) is 11.6 Å². The molecule has 0 aromatic heterocycles. The van der Waals surface area contributed by atoms with Crippen molar-refractivity contribution >= 4 is 35.0 Å². The predicted molar refractivity (Wildman–Crippen MR) is 149 cm³/mol. The summed E-state index contributed by atoms with van der Waals surface area (Å²) >= 11 is 1.43. The van der Waals surface area contributed by atoms with Gasteiger partial charge in [-0.25, -0.2) is 4.79 Å². The number of nitrogens with two attached hydrogens (primary N) is 1. The molecule has 2 saturated carbocycles. The highest BCUT2D eigenvalue weighted by molar-refractivity contribution is 7.98. The highest BCUT2D eigenvalue weighted by Crippen LogP contribution is 2.43. The lowest BCUT2D eigenvalue weighted by Gasteiger charge is -2.38. The second kappa shape index (κ2) is 10.4. The van der Waals surface area contributed by atoms with E-state index in [2.05, 4.69) is 0 Å². The molecule has 0 aliphatic heterocycles. The number of rotatable bonds is 5. The molecule has 38 heavy (non-hydrogen) atoms. The second-order valence-corrected chi connectivity index (χ2v) is 11.7. The van der Waals surface area contributed by atoms with E-state index in [-0.39, 0.29) is 40.0 Å². The summed E-state index contributed by atoms with van der Waals surface area (Å²) in [6.07, 6.45) is 7.73. The van der Waals surface area contributed by atoms with Crippen LogP contribution in [-0.4, -0.2) is 23.6 Å². The first kappa shape index (κ1) is 24.9. The van der Waals surface area contributed by atoms with Crippen LogP contribution in [0.3, 0.4) is 0 Å². The summed E-state index contributed by atoms with van der Waals surface area (Å²) in [5.41, 5.74) is 8.89. The van der Waals surface area contributed by atoms with Crippen LogP contribution >= 0.6 is 11.8 Å². The molecule has 3 aliphatic rings. The maximum absolute atomic E-state index is 13.6. The van der Waals surface area contributed by atoms with Crippen molar-refractivity contribution in [3.8, 4) is 0 Å². The average Bonchev–Trinajstić information content (AvgIpc) is 2.95. The van der Waals surface area contributed by atoms with Gasteiger partial charge in [-0.2, -0.15) is 0 Å². The zero-order chi connectivity index (χ0) is 26.2. The van der Waals surface area contributed by atoms with Crippen LogP contribution in [0.2, 0.25) is 0 Å². The van der Waals surface area contributed by atoms with Gasteiger partial charge in [-0.15, -0.1) is 11.8 Å². The standard InChI is InChI=1S/C32H31NO4S/c33-29-25(32(36)37-22-15-14-20-10-4-5-11-21(20)16-22)17-26(38-18-19-8-2-1-3-9-19)27-28(29)31(35)24-13-7-6-12-23(24)30(27)34/h1-3,6-9,12-13,17,20-22H,4-5,10-11,14-16,18,33H2. The Labute approximate surface area is 227 Å². The summed E-state index contributed by atoms with van der Waals surface area (Å²) in [5, 5.41) is 0. The fourth-order valence-corrected chi connectivity index (χ4v) is 7.51. The number of nitrogen functional groups attached to an aromatic ring is 1. The third-order valence-electron chi connectivity index (χ3n) is 8.42. The monoisotopic (exact) mass is 525 g/mol. The van der Waals surface area contributed by atoms with Crippen molar-refractivity contribution in [2.45, 2.75) is 61.7 Å². The van der Waals surface area contributed by atoms with Gasteiger partial charge in [-0.05, 0) is 42.7 Å². The molecule has 0 amide bonds. The number of esters is 1. The van der Waals surface area contributed by atoms with E-state index in [9.17, 15) is 14.4 Å². The Morgan fingerprint density at radius 3 is 2.24 bits per heavy atom. The van der Waals surface area contributed by atoms with Gasteiger partial charge in [0, 0.05) is 27.3 Å². The molecule has 6 heteroatoms. The Morgan fingerprint density at radius 1 is 0.842 bits per heavy atom. The van der Waals surface area contributed by atoms with Crippen molar-refractivity contribution in [2.24, 2.45) is 11.8 Å². The molecule has 194 valence electrons. The van der Waals surface area contributed by atoms with Gasteiger partial charge in [-0.3, -0.25) is 9.59 Å². The van der Waals surface area contributed by atoms with E-state index in [0.717, 1.165) is 30.7 Å². The van der Waals surface area contributed by atoms with Gasteiger partial charge in [0.1, 0.15) is 6.10 Å². The van der Waals surface area contributed by atoms with Gasteiger partial charge in [-0.1, -0.05) is 80.3 Å². The fourth-order valence-electron chi connectivity index (χ4n) is 6.45. The topological polar surface area (TPSA) is 86.5 Å². The van der Waals surface area contributed by atoms with Gasteiger partial charge >= 0.3 is 5.97 Å². The minimum absolute atomic E-state index is 0.0354. The van der Waals surface area contributed by atoms with Crippen molar-refractivity contribution in [1.29, 1.82) is 0 Å². The van der Waals surface area contributed by atoms with E-state index in [1.54, 1.807) is 30.3 Å². The van der Waals surface area contributed by atoms with Gasteiger partial charge < -0.3 is 10.5 Å². The highest BCUT2D eigenvalue weighted by atomic mass is 32.2. The lowest BCUT2D eigenvalue weighted by atomic mass is 9.70. The summed E-state index contributed by atoms with van der Waals surface area (Å²) < 4.78 is 6.02. The largest absolute Gasteiger partial charge is 0.459 e. The van der Waals surface area contributed by atoms with Crippen molar-refractivity contribution < 1.29 is 19.1 Å². The van der Waals surface area contributed by atoms with Crippen LogP contribution in [0.25, 0.3) is 0 Å². The molecule has 6 rings (SSSR count). The van der Waals surface area contributed by atoms with Crippen LogP contribution in [0.15, 0.2) is 65.6 Å². The molecule has 3 aromatic rings. The molecule has 3 aromatic carbocycles. The lowest BCUT2D eigenvalue weighted by Crippen LogP contribution is -2.33. The Hall–Kier alpha value is -3.38. The predicted octanol–water partition coefficient (Wildman–Crippen LogP) is 6.85. The maximum Gasteiger partial charge on any atom is 0.340 e. The third-order valence-corrected chi connectivity index (χ3v) is 9.53. The molecule has 0 spiro atoms. The van der Waals surface area contributed by atoms with Gasteiger partial charge in [0.2, 0.25) is 0 Å². The third kappa shape index (κ3) is 4.55. The highest BCUT2D eigenvalue weighted by Gasteiger charge is 2.37. The number of fused-ring (bicyclic) bond motifs is 3. The van der Waals surface area contributed by atoms with E-state index in [4.69, 9.17) is 10.5 Å². The first-order valence-electron chi connectivity index (χ1n) is 13.5. The zero-order valence-corrected chi connectivity index (χ0v) is 22.1. The minimum atomic E-state index is -0.509. The first-order chi connectivity index (χ1) is 18.5. The Balaban J connectivity index is 1.35. The SMILES string of the molecule is Nc1c(C(=O)OC2CCC3CCCCC3C2)cc(SCc2ccccc2)c2c1C(=O)c1ccccc1C2=O. The van der Waals surface area contributed by atoms with E-state index in [0.29, 0.717) is 27.7 Å². The summed E-state index contributed by atoms with van der Waals surface area (Å²) in [7, 11) is 0. The number of carbonyl (C=O) groups excluding carboxylic acids is 3. The van der Waals surface area contributed by atoms with Crippen LogP contribution in [-0.2, 0) is 10.5 Å². The quantitative estimate of drug-likeness (QED) is 0.174. The molecule has 0 saturated heterocycles. The van der Waals surface area contributed by atoms with E-state index >= 15 is 0 Å². The molecule has 3 unspecified atom stereocenters. The molecule has 2 fully saturated rings. The number of thioether (sulfide) groups is 1. The van der Waals surface area contributed by atoms with E-state index in [1.807, 2.05) is 30.3 Å². The normalized spacial score (nSPS) is 22.3. The van der Waals surface area contributed by atoms with E-state index < -0.39 is 5.97 Å². The van der Waals surface area contributed by atoms with Crippen molar-refractivity contribution in [1.82, 2.24) is 0 Å². The molecule has 3 atom stereocenters. The summed E-state index contributed by atoms with van der Waals surface area (Å²) in [6.45, 7) is 0. The zero-order valence-electron chi connectivity index (χ0n) is 21.3. The van der Waals surface area contributed by atoms with Crippen LogP contribution < -0.4 is 5.73 Å². The second-order valence-electron chi connectivity index (χ2n) is 10.7. The molecule has 2 N–H and O–H groups in total. The number of hydrogen-bond acceptors (Lipinski definition) is 6. The molecule has 3 aliphatic carbocycles. The van der Waals surface area contributed by atoms with Crippen molar-refractivity contribution in [3.05, 3.63) is 94.0 Å². The fraction of sp³-hybridized carbons (Fsp3) is 0.344. The van der Waals surface area contributed by atoms with Gasteiger partial charge in [0.05, 0.1) is 16.8 Å². The first-order valence-corrected chi connectivity index (χ1v) is 14.5. The molecular formula is C32H31NO4S. The van der Waals surface area contributed by atoms with Crippen LogP contribution in [0.1, 0.15) is 92.7 Å². The lowest BCUT2D eigenvalue weighted by molar-refractivity contribution is -0.000862. The summed E-state index contributed by atoms with van der Waals surface area (Å²) in [6, 6.07) is 18.4. The van der Waals surface area contributed by atoms with Crippen LogP contribution in [0.5, 0.6) is 0 Å². The number of hydrogen-bond donors (Lipinski definition) is 1. The van der Waals surface area contributed by atoms with Crippen molar-refractivity contribution in [3.63, 3.8) is 0 Å². The molecular weight excluding hydrogens is 494 g/mol. The number of carbonyl (C=O) groups is 3. The number of benzene rings is 3. The molecule has 5 nitrogen and oxygen atoms in total. The van der Waals surface area contributed by atoms with Crippen LogP contribution in [0.4, 0.5) is 5.69 Å². The minimum Gasteiger partial charge on any atom is -0.459 e. The van der Waals surface area contributed by atoms with E-state index in [1.165, 1.54) is 37.4 Å². The van der Waals surface area contributed by atoms with Gasteiger partial charge in [0.25, 0.3) is 0 Å². The maximum atomic E-state index is 13.6. The average molecular weight is 526 g/mol. The molecule has 0 heterocycles. The number of ether oxygens (including phenoxy) is 1. The van der Waals surface area contributed by atoms with Crippen molar-refractivity contribution in [2.75, 3.05) is 5.73 Å². The Bertz CT molecular complexity index is 1420. The molecule has 0 radical (unpaired) electrons. The summed E-state index contributed by atoms with van der Waals surface area (Å²) in [5.74, 6) is 0.867. The Kier molecular flexibility index (Phi) is 6.83. The summed E-state index contributed by atoms with van der Waals surface area (Å²) in [4.78, 5) is 41.4. The number of ketones is 2.